The molecule has 2 aromatic carbocycles. The van der Waals surface area contributed by atoms with Gasteiger partial charge in [0.2, 0.25) is 0 Å². The van der Waals surface area contributed by atoms with Crippen molar-refractivity contribution in [2.24, 2.45) is 0 Å². The molecule has 0 saturated heterocycles. The minimum absolute atomic E-state index is 0. The SMILES string of the molecule is C=C(c1ccccc1)c1ccccc1.[H-].[K+]. The van der Waals surface area contributed by atoms with E-state index in [0.717, 1.165) is 5.57 Å². The van der Waals surface area contributed by atoms with E-state index in [1.165, 1.54) is 11.1 Å². The molecular formula is C14H13K. The van der Waals surface area contributed by atoms with Crippen LogP contribution >= 0.6 is 0 Å². The Morgan fingerprint density at radius 3 is 1.40 bits per heavy atom. The number of hydrogen-bond acceptors (Lipinski definition) is 0. The van der Waals surface area contributed by atoms with Gasteiger partial charge in [-0.05, 0) is 16.7 Å². The molecule has 0 amide bonds. The van der Waals surface area contributed by atoms with Crippen molar-refractivity contribution in [2.45, 2.75) is 0 Å². The molecule has 0 atom stereocenters. The predicted molar refractivity (Wildman–Crippen MR) is 62.1 cm³/mol. The Bertz CT molecular complexity index is 382. The fourth-order valence-corrected chi connectivity index (χ4v) is 1.45. The molecule has 0 aliphatic carbocycles. The smallest absolute Gasteiger partial charge is 1.00 e. The van der Waals surface area contributed by atoms with E-state index in [-0.39, 0.29) is 52.8 Å². The zero-order chi connectivity index (χ0) is 9.80. The molecule has 0 saturated carbocycles. The molecule has 0 bridgehead atoms. The van der Waals surface area contributed by atoms with Gasteiger partial charge in [0.1, 0.15) is 0 Å². The molecule has 0 fully saturated rings. The normalized spacial score (nSPS) is 9.07. The van der Waals surface area contributed by atoms with Gasteiger partial charge < -0.3 is 1.43 Å². The molecule has 15 heavy (non-hydrogen) atoms. The maximum absolute atomic E-state index is 4.10. The molecule has 0 radical (unpaired) electrons. The molecular weight excluding hydrogens is 207 g/mol. The van der Waals surface area contributed by atoms with Crippen molar-refractivity contribution in [1.29, 1.82) is 0 Å². The van der Waals surface area contributed by atoms with Crippen molar-refractivity contribution in [1.82, 2.24) is 0 Å². The summed E-state index contributed by atoms with van der Waals surface area (Å²) in [5, 5.41) is 0. The Morgan fingerprint density at radius 1 is 0.733 bits per heavy atom. The molecule has 0 aliphatic heterocycles. The third kappa shape index (κ3) is 3.40. The standard InChI is InChI=1S/C14H12.K.H/c1-12(13-8-4-2-5-9-13)14-10-6-3-7-11-14;;/h2-11H,1H2;;/q;+1;-1. The van der Waals surface area contributed by atoms with Crippen LogP contribution < -0.4 is 51.4 Å². The fraction of sp³-hybridized carbons (Fsp3) is 0. The molecule has 1 heteroatoms. The Balaban J connectivity index is 0.00000112. The topological polar surface area (TPSA) is 0 Å². The van der Waals surface area contributed by atoms with Crippen LogP contribution in [0.2, 0.25) is 0 Å². The van der Waals surface area contributed by atoms with E-state index in [0.29, 0.717) is 0 Å². The summed E-state index contributed by atoms with van der Waals surface area (Å²) in [6, 6.07) is 20.5. The van der Waals surface area contributed by atoms with Crippen molar-refractivity contribution < 1.29 is 52.8 Å². The molecule has 0 heterocycles. The summed E-state index contributed by atoms with van der Waals surface area (Å²) in [5.74, 6) is 0. The third-order valence-electron chi connectivity index (χ3n) is 2.24. The average Bonchev–Trinajstić information content (AvgIpc) is 2.30. The van der Waals surface area contributed by atoms with E-state index in [4.69, 9.17) is 0 Å². The van der Waals surface area contributed by atoms with Crippen LogP contribution in [0.5, 0.6) is 0 Å². The summed E-state index contributed by atoms with van der Waals surface area (Å²) < 4.78 is 0. The zero-order valence-electron chi connectivity index (χ0n) is 9.98. The Hall–Kier alpha value is -0.184. The van der Waals surface area contributed by atoms with Gasteiger partial charge in [0.15, 0.2) is 0 Å². The minimum Gasteiger partial charge on any atom is -1.00 e. The van der Waals surface area contributed by atoms with E-state index in [9.17, 15) is 0 Å². The second-order valence-corrected chi connectivity index (χ2v) is 3.21. The molecule has 0 nitrogen and oxygen atoms in total. The second-order valence-electron chi connectivity index (χ2n) is 3.21. The van der Waals surface area contributed by atoms with Crippen molar-refractivity contribution >= 4 is 5.57 Å². The van der Waals surface area contributed by atoms with Crippen LogP contribution in [-0.4, -0.2) is 0 Å². The maximum atomic E-state index is 4.10. The Morgan fingerprint density at radius 2 is 1.07 bits per heavy atom. The molecule has 0 spiro atoms. The summed E-state index contributed by atoms with van der Waals surface area (Å²) >= 11 is 0. The molecule has 0 aliphatic rings. The van der Waals surface area contributed by atoms with Crippen LogP contribution in [0.1, 0.15) is 12.6 Å². The largest absolute Gasteiger partial charge is 1.00 e. The van der Waals surface area contributed by atoms with E-state index >= 15 is 0 Å². The summed E-state index contributed by atoms with van der Waals surface area (Å²) in [6.07, 6.45) is 0. The van der Waals surface area contributed by atoms with Gasteiger partial charge in [-0.3, -0.25) is 0 Å². The van der Waals surface area contributed by atoms with E-state index in [1.807, 2.05) is 36.4 Å². The number of hydrogen-bond donors (Lipinski definition) is 0. The van der Waals surface area contributed by atoms with Crippen molar-refractivity contribution in [3.05, 3.63) is 78.4 Å². The quantitative estimate of drug-likeness (QED) is 0.659. The van der Waals surface area contributed by atoms with Crippen LogP contribution in [0.4, 0.5) is 0 Å². The van der Waals surface area contributed by atoms with Crippen LogP contribution in [0.3, 0.4) is 0 Å². The molecule has 2 aromatic rings. The number of benzene rings is 2. The molecule has 2 rings (SSSR count). The van der Waals surface area contributed by atoms with Gasteiger partial charge in [-0.15, -0.1) is 0 Å². The van der Waals surface area contributed by atoms with Gasteiger partial charge in [0, 0.05) is 0 Å². The summed E-state index contributed by atoms with van der Waals surface area (Å²) in [4.78, 5) is 0. The monoisotopic (exact) mass is 220 g/mol. The third-order valence-corrected chi connectivity index (χ3v) is 2.24. The molecule has 0 N–H and O–H groups in total. The zero-order valence-corrected chi connectivity index (χ0v) is 12.1. The van der Waals surface area contributed by atoms with Gasteiger partial charge in [-0.25, -0.2) is 0 Å². The first-order valence-corrected chi connectivity index (χ1v) is 4.67. The van der Waals surface area contributed by atoms with Crippen LogP contribution in [0.15, 0.2) is 67.2 Å². The first-order chi connectivity index (χ1) is 6.88. The predicted octanol–water partition coefficient (Wildman–Crippen LogP) is 0.865. The number of rotatable bonds is 2. The van der Waals surface area contributed by atoms with Crippen LogP contribution in [-0.2, 0) is 0 Å². The summed E-state index contributed by atoms with van der Waals surface area (Å²) in [7, 11) is 0. The van der Waals surface area contributed by atoms with E-state index in [2.05, 4.69) is 30.8 Å². The second kappa shape index (κ2) is 6.41. The van der Waals surface area contributed by atoms with Gasteiger partial charge in [0.05, 0.1) is 0 Å². The first kappa shape index (κ1) is 12.9. The molecule has 0 unspecified atom stereocenters. The van der Waals surface area contributed by atoms with Crippen LogP contribution in [0, 0.1) is 0 Å². The fourth-order valence-electron chi connectivity index (χ4n) is 1.45. The average molecular weight is 220 g/mol. The van der Waals surface area contributed by atoms with Gasteiger partial charge in [-0.1, -0.05) is 67.2 Å². The summed E-state index contributed by atoms with van der Waals surface area (Å²) in [5.41, 5.74) is 3.43. The maximum Gasteiger partial charge on any atom is 1.00 e. The first-order valence-electron chi connectivity index (χ1n) is 4.67. The van der Waals surface area contributed by atoms with Crippen LogP contribution in [0.25, 0.3) is 5.57 Å². The van der Waals surface area contributed by atoms with E-state index < -0.39 is 0 Å². The summed E-state index contributed by atoms with van der Waals surface area (Å²) in [6.45, 7) is 4.10. The minimum atomic E-state index is 0. The van der Waals surface area contributed by atoms with Gasteiger partial charge in [0.25, 0.3) is 0 Å². The molecule has 0 aromatic heterocycles. The van der Waals surface area contributed by atoms with Gasteiger partial charge >= 0.3 is 51.4 Å². The van der Waals surface area contributed by atoms with E-state index in [1.54, 1.807) is 0 Å². The van der Waals surface area contributed by atoms with Crippen molar-refractivity contribution in [2.75, 3.05) is 0 Å². The Labute approximate surface area is 135 Å². The van der Waals surface area contributed by atoms with Crippen molar-refractivity contribution in [3.8, 4) is 0 Å². The van der Waals surface area contributed by atoms with Crippen molar-refractivity contribution in [3.63, 3.8) is 0 Å². The Kier molecular flexibility index (Phi) is 5.51. The molecule has 70 valence electrons. The van der Waals surface area contributed by atoms with Gasteiger partial charge in [-0.2, -0.15) is 0 Å².